The Hall–Kier alpha value is -4.12. The molecule has 0 fully saturated rings. The second kappa shape index (κ2) is 12.0. The lowest BCUT2D eigenvalue weighted by Gasteiger charge is -2.20. The lowest BCUT2D eigenvalue weighted by molar-refractivity contribution is -0.123. The molecule has 1 atom stereocenters. The van der Waals surface area contributed by atoms with E-state index in [1.807, 2.05) is 43.6 Å². The number of aryl methyl sites for hydroxylation is 1. The van der Waals surface area contributed by atoms with Crippen LogP contribution >= 0.6 is 0 Å². The van der Waals surface area contributed by atoms with Crippen LogP contribution in [0.4, 0.5) is 0 Å². The number of unbranched alkanes of at least 4 members (excludes halogenated alkanes) is 2. The van der Waals surface area contributed by atoms with E-state index < -0.39 is 0 Å². The maximum atomic E-state index is 12.7. The van der Waals surface area contributed by atoms with Gasteiger partial charge in [-0.2, -0.15) is 5.10 Å². The molecular formula is C25H33N9O2. The van der Waals surface area contributed by atoms with Crippen LogP contribution in [0.3, 0.4) is 0 Å². The van der Waals surface area contributed by atoms with Crippen molar-refractivity contribution in [2.45, 2.75) is 38.1 Å². The number of nitrogens with zero attached hydrogens (tertiary/aromatic N) is 4. The zero-order valence-corrected chi connectivity index (χ0v) is 20.6. The maximum Gasteiger partial charge on any atom is 0.241 e. The normalized spacial score (nSPS) is 13.4. The standard InChI is InChI=1S/C25H33N9O2/c1-26-23(35)7-5-3-4-6-21(29-24(36)17-34-15-13-28-32-34)25-27-16-22(30-25)19-10-8-18(9-11-19)20-12-14-33(2)31-20/h8-16,21,28,32H,3-7,17H2,1-2H3,(H,26,35)(H,27,30)(H,29,36). The molecule has 0 bridgehead atoms. The molecule has 11 nitrogen and oxygen atoms in total. The molecule has 1 aliphatic rings. The molecule has 2 aromatic heterocycles. The summed E-state index contributed by atoms with van der Waals surface area (Å²) in [5.74, 6) is 0.634. The molecule has 0 aliphatic carbocycles. The summed E-state index contributed by atoms with van der Waals surface area (Å²) in [6.07, 6.45) is 11.0. The molecule has 0 saturated carbocycles. The molecule has 3 heterocycles. The van der Waals surface area contributed by atoms with E-state index in [1.165, 1.54) is 0 Å². The van der Waals surface area contributed by atoms with Gasteiger partial charge >= 0.3 is 0 Å². The van der Waals surface area contributed by atoms with Crippen molar-refractivity contribution in [1.82, 2.24) is 46.4 Å². The Balaban J connectivity index is 1.41. The van der Waals surface area contributed by atoms with Gasteiger partial charge in [-0.05, 0) is 24.5 Å². The van der Waals surface area contributed by atoms with E-state index in [1.54, 1.807) is 35.3 Å². The minimum Gasteiger partial charge on any atom is -0.359 e. The highest BCUT2D eigenvalue weighted by molar-refractivity contribution is 5.78. The molecule has 2 amide bonds. The predicted octanol–water partition coefficient (Wildman–Crippen LogP) is 2.13. The smallest absolute Gasteiger partial charge is 0.241 e. The van der Waals surface area contributed by atoms with Crippen LogP contribution in [0.2, 0.25) is 0 Å². The SMILES string of the molecule is CNC(=O)CCCCCC(NC(=O)CN1C=CNN1)c1ncc(-c2ccc(-c3ccn(C)n3)cc2)[nH]1. The summed E-state index contributed by atoms with van der Waals surface area (Å²) in [5.41, 5.74) is 9.53. The molecule has 11 heteroatoms. The Morgan fingerprint density at radius 1 is 1.06 bits per heavy atom. The van der Waals surface area contributed by atoms with Crippen molar-refractivity contribution in [3.63, 3.8) is 0 Å². The number of rotatable bonds is 12. The van der Waals surface area contributed by atoms with Gasteiger partial charge < -0.3 is 21.0 Å². The highest BCUT2D eigenvalue weighted by Gasteiger charge is 2.20. The van der Waals surface area contributed by atoms with Gasteiger partial charge in [0.15, 0.2) is 0 Å². The zero-order chi connectivity index (χ0) is 25.3. The first kappa shape index (κ1) is 25.0. The van der Waals surface area contributed by atoms with Gasteiger partial charge in [0.05, 0.1) is 23.6 Å². The minimum atomic E-state index is -0.265. The van der Waals surface area contributed by atoms with Gasteiger partial charge in [-0.15, -0.1) is 5.53 Å². The molecule has 5 N–H and O–H groups in total. The van der Waals surface area contributed by atoms with Gasteiger partial charge in [-0.1, -0.05) is 37.1 Å². The topological polar surface area (TPSA) is 132 Å². The number of carbonyl (C=O) groups is 2. The van der Waals surface area contributed by atoms with Gasteiger partial charge in [0, 0.05) is 44.7 Å². The molecule has 0 saturated heterocycles. The Kier molecular flexibility index (Phi) is 8.35. The second-order valence-corrected chi connectivity index (χ2v) is 8.73. The number of aromatic nitrogens is 4. The molecule has 3 aromatic rings. The Labute approximate surface area is 210 Å². The van der Waals surface area contributed by atoms with Gasteiger partial charge in [0.2, 0.25) is 11.8 Å². The van der Waals surface area contributed by atoms with Crippen LogP contribution < -0.4 is 21.6 Å². The lowest BCUT2D eigenvalue weighted by Crippen LogP contribution is -2.43. The minimum absolute atomic E-state index is 0.0457. The third-order valence-electron chi connectivity index (χ3n) is 6.00. The number of hydrazine groups is 2. The summed E-state index contributed by atoms with van der Waals surface area (Å²) in [6.45, 7) is 0.166. The summed E-state index contributed by atoms with van der Waals surface area (Å²) >= 11 is 0. The fourth-order valence-electron chi connectivity index (χ4n) is 4.03. The van der Waals surface area contributed by atoms with Gasteiger partial charge in [-0.25, -0.2) is 4.98 Å². The van der Waals surface area contributed by atoms with E-state index in [0.717, 1.165) is 41.8 Å². The van der Waals surface area contributed by atoms with Gasteiger partial charge in [-0.3, -0.25) is 19.3 Å². The van der Waals surface area contributed by atoms with E-state index in [9.17, 15) is 9.59 Å². The summed E-state index contributed by atoms with van der Waals surface area (Å²) in [4.78, 5) is 32.2. The van der Waals surface area contributed by atoms with Crippen LogP contribution in [0.1, 0.15) is 44.0 Å². The number of hydrogen-bond acceptors (Lipinski definition) is 7. The summed E-state index contributed by atoms with van der Waals surface area (Å²) in [5, 5.41) is 11.9. The number of carbonyl (C=O) groups excluding carboxylic acids is 2. The fourth-order valence-corrected chi connectivity index (χ4v) is 4.03. The Morgan fingerprint density at radius 2 is 1.86 bits per heavy atom. The first-order valence-electron chi connectivity index (χ1n) is 12.1. The number of amides is 2. The van der Waals surface area contributed by atoms with Crippen LogP contribution in [0.5, 0.6) is 0 Å². The van der Waals surface area contributed by atoms with Crippen molar-refractivity contribution in [2.75, 3.05) is 13.6 Å². The van der Waals surface area contributed by atoms with Crippen molar-refractivity contribution in [1.29, 1.82) is 0 Å². The van der Waals surface area contributed by atoms with E-state index in [2.05, 4.69) is 36.7 Å². The largest absolute Gasteiger partial charge is 0.359 e. The second-order valence-electron chi connectivity index (χ2n) is 8.73. The van der Waals surface area contributed by atoms with Crippen molar-refractivity contribution < 1.29 is 9.59 Å². The number of nitrogens with one attached hydrogen (secondary N) is 5. The molecule has 0 radical (unpaired) electrons. The highest BCUT2D eigenvalue weighted by atomic mass is 16.2. The highest BCUT2D eigenvalue weighted by Crippen LogP contribution is 2.25. The van der Waals surface area contributed by atoms with E-state index in [0.29, 0.717) is 18.7 Å². The number of hydrogen-bond donors (Lipinski definition) is 5. The number of benzene rings is 1. The van der Waals surface area contributed by atoms with E-state index in [-0.39, 0.29) is 24.4 Å². The lowest BCUT2D eigenvalue weighted by atomic mass is 10.1. The van der Waals surface area contributed by atoms with Crippen molar-refractivity contribution >= 4 is 11.8 Å². The van der Waals surface area contributed by atoms with E-state index in [4.69, 9.17) is 0 Å². The predicted molar refractivity (Wildman–Crippen MR) is 136 cm³/mol. The van der Waals surface area contributed by atoms with Gasteiger partial charge in [0.25, 0.3) is 0 Å². The maximum absolute atomic E-state index is 12.7. The first-order chi connectivity index (χ1) is 17.5. The third kappa shape index (κ3) is 6.72. The molecule has 1 aromatic carbocycles. The average Bonchev–Trinajstić information content (AvgIpc) is 3.65. The number of H-pyrrole nitrogens is 1. The third-order valence-corrected chi connectivity index (χ3v) is 6.00. The van der Waals surface area contributed by atoms with Crippen molar-refractivity contribution in [2.24, 2.45) is 7.05 Å². The fraction of sp³-hybridized carbons (Fsp3) is 0.360. The number of imidazole rings is 1. The van der Waals surface area contributed by atoms with Crippen molar-refractivity contribution in [3.8, 4) is 22.5 Å². The molecule has 1 aliphatic heterocycles. The molecular weight excluding hydrogens is 458 g/mol. The monoisotopic (exact) mass is 491 g/mol. The summed E-state index contributed by atoms with van der Waals surface area (Å²) in [7, 11) is 3.55. The molecule has 36 heavy (non-hydrogen) atoms. The van der Waals surface area contributed by atoms with Crippen LogP contribution in [0.15, 0.2) is 55.1 Å². The quantitative estimate of drug-likeness (QED) is 0.245. The first-order valence-corrected chi connectivity index (χ1v) is 12.1. The zero-order valence-electron chi connectivity index (χ0n) is 20.6. The Morgan fingerprint density at radius 3 is 2.56 bits per heavy atom. The Bertz CT molecular complexity index is 1180. The molecule has 0 spiro atoms. The molecule has 4 rings (SSSR count). The van der Waals surface area contributed by atoms with Crippen LogP contribution in [0.25, 0.3) is 22.5 Å². The summed E-state index contributed by atoms with van der Waals surface area (Å²) in [6, 6.07) is 9.86. The van der Waals surface area contributed by atoms with Crippen molar-refractivity contribution in [3.05, 3.63) is 60.9 Å². The number of aromatic amines is 1. The van der Waals surface area contributed by atoms with Crippen LogP contribution in [-0.2, 0) is 16.6 Å². The average molecular weight is 492 g/mol. The van der Waals surface area contributed by atoms with E-state index >= 15 is 0 Å². The van der Waals surface area contributed by atoms with Crippen LogP contribution in [0, 0.1) is 0 Å². The summed E-state index contributed by atoms with van der Waals surface area (Å²) < 4.78 is 1.78. The van der Waals surface area contributed by atoms with Crippen LogP contribution in [-0.4, -0.2) is 50.2 Å². The van der Waals surface area contributed by atoms with Gasteiger partial charge in [0.1, 0.15) is 12.4 Å². The molecule has 190 valence electrons. The molecule has 1 unspecified atom stereocenters.